The molecule has 0 aliphatic heterocycles. The minimum Gasteiger partial charge on any atom is -0.305 e. The Morgan fingerprint density at radius 1 is 1.35 bits per heavy atom. The molecule has 0 amide bonds. The third kappa shape index (κ3) is 3.16. The Bertz CT molecular complexity index is 511. The number of nitrogens with zero attached hydrogens (tertiary/aromatic N) is 1. The van der Waals surface area contributed by atoms with Gasteiger partial charge in [0.25, 0.3) is 0 Å². The Labute approximate surface area is 106 Å². The molecule has 0 radical (unpaired) electrons. The predicted octanol–water partition coefficient (Wildman–Crippen LogP) is 3.47. The van der Waals surface area contributed by atoms with E-state index in [4.69, 9.17) is 5.26 Å². The van der Waals surface area contributed by atoms with Crippen LogP contribution in [0.1, 0.15) is 29.0 Å². The fourth-order valence-electron chi connectivity index (χ4n) is 1.65. The topological polar surface area (TPSA) is 35.8 Å². The van der Waals surface area contributed by atoms with E-state index >= 15 is 0 Å². The highest BCUT2D eigenvalue weighted by Crippen LogP contribution is 2.16. The molecule has 0 spiro atoms. The highest BCUT2D eigenvalue weighted by atomic mass is 32.1. The van der Waals surface area contributed by atoms with Crippen LogP contribution in [0.4, 0.5) is 0 Å². The monoisotopic (exact) mass is 242 g/mol. The molecule has 0 aliphatic carbocycles. The smallest absolute Gasteiger partial charge is 0.100 e. The van der Waals surface area contributed by atoms with Gasteiger partial charge in [-0.1, -0.05) is 30.3 Å². The lowest BCUT2D eigenvalue weighted by atomic mass is 10.1. The zero-order chi connectivity index (χ0) is 12.1. The Morgan fingerprint density at radius 3 is 2.76 bits per heavy atom. The van der Waals surface area contributed by atoms with Crippen LogP contribution in [-0.4, -0.2) is 0 Å². The van der Waals surface area contributed by atoms with Gasteiger partial charge in [0.1, 0.15) is 6.07 Å². The van der Waals surface area contributed by atoms with Crippen molar-refractivity contribution in [3.05, 3.63) is 57.8 Å². The zero-order valence-electron chi connectivity index (χ0n) is 9.68. The van der Waals surface area contributed by atoms with Crippen LogP contribution in [0.25, 0.3) is 0 Å². The quantitative estimate of drug-likeness (QED) is 0.891. The van der Waals surface area contributed by atoms with Gasteiger partial charge in [-0.05, 0) is 18.6 Å². The van der Waals surface area contributed by atoms with Gasteiger partial charge in [-0.25, -0.2) is 0 Å². The summed E-state index contributed by atoms with van der Waals surface area (Å²) in [6, 6.07) is 14.8. The molecule has 0 saturated heterocycles. The summed E-state index contributed by atoms with van der Waals surface area (Å²) in [4.78, 5) is 1.20. The fraction of sp³-hybridized carbons (Fsp3) is 0.214. The largest absolute Gasteiger partial charge is 0.305 e. The molecule has 0 aliphatic rings. The van der Waals surface area contributed by atoms with E-state index in [1.54, 1.807) is 11.3 Å². The molecule has 1 N–H and O–H groups in total. The normalized spacial score (nSPS) is 12.0. The molecule has 0 bridgehead atoms. The summed E-state index contributed by atoms with van der Waals surface area (Å²) in [5, 5.41) is 14.1. The molecular weight excluding hydrogens is 228 g/mol. The Balaban J connectivity index is 1.92. The first-order chi connectivity index (χ1) is 8.29. The lowest BCUT2D eigenvalue weighted by Crippen LogP contribution is -2.17. The van der Waals surface area contributed by atoms with Gasteiger partial charge < -0.3 is 5.32 Å². The van der Waals surface area contributed by atoms with Crippen LogP contribution in [0, 0.1) is 11.3 Å². The van der Waals surface area contributed by atoms with E-state index in [0.717, 1.165) is 12.1 Å². The van der Waals surface area contributed by atoms with E-state index in [1.807, 2.05) is 29.6 Å². The third-order valence-electron chi connectivity index (χ3n) is 2.66. The molecule has 1 atom stereocenters. The van der Waals surface area contributed by atoms with E-state index in [1.165, 1.54) is 10.4 Å². The molecule has 3 heteroatoms. The molecule has 2 nitrogen and oxygen atoms in total. The molecule has 0 fully saturated rings. The lowest BCUT2D eigenvalue weighted by Gasteiger charge is -2.13. The molecule has 1 aromatic carbocycles. The minimum absolute atomic E-state index is 0.323. The van der Waals surface area contributed by atoms with Crippen LogP contribution in [0.15, 0.2) is 41.8 Å². The summed E-state index contributed by atoms with van der Waals surface area (Å²) in [5.41, 5.74) is 2.03. The molecule has 0 unspecified atom stereocenters. The van der Waals surface area contributed by atoms with Crippen LogP contribution in [0.3, 0.4) is 0 Å². The van der Waals surface area contributed by atoms with Crippen LogP contribution >= 0.6 is 11.3 Å². The number of rotatable bonds is 4. The molecule has 1 aromatic heterocycles. The van der Waals surface area contributed by atoms with Crippen LogP contribution in [0.2, 0.25) is 0 Å². The van der Waals surface area contributed by atoms with E-state index in [0.29, 0.717) is 6.04 Å². The van der Waals surface area contributed by atoms with Gasteiger partial charge in [-0.3, -0.25) is 0 Å². The van der Waals surface area contributed by atoms with Crippen molar-refractivity contribution < 1.29 is 0 Å². The zero-order valence-corrected chi connectivity index (χ0v) is 10.5. The van der Waals surface area contributed by atoms with Crippen LogP contribution in [0.5, 0.6) is 0 Å². The Kier molecular flexibility index (Phi) is 3.92. The summed E-state index contributed by atoms with van der Waals surface area (Å²) < 4.78 is 0. The molecule has 1 heterocycles. The number of benzene rings is 1. The number of nitrogens with one attached hydrogen (secondary N) is 1. The fourth-order valence-corrected chi connectivity index (χ4v) is 2.41. The van der Waals surface area contributed by atoms with Crippen molar-refractivity contribution >= 4 is 11.3 Å². The van der Waals surface area contributed by atoms with Gasteiger partial charge in [0.05, 0.1) is 5.56 Å². The van der Waals surface area contributed by atoms with Gasteiger partial charge >= 0.3 is 0 Å². The SMILES string of the molecule is C[C@H](NCc1cc(C#N)cs1)c1ccccc1. The van der Waals surface area contributed by atoms with Gasteiger partial charge in [0.2, 0.25) is 0 Å². The van der Waals surface area contributed by atoms with E-state index in [2.05, 4.69) is 30.4 Å². The molecule has 17 heavy (non-hydrogen) atoms. The second-order valence-corrected chi connectivity index (χ2v) is 4.92. The molecule has 2 aromatic rings. The van der Waals surface area contributed by atoms with Gasteiger partial charge in [0.15, 0.2) is 0 Å². The van der Waals surface area contributed by atoms with Crippen LogP contribution < -0.4 is 5.32 Å². The van der Waals surface area contributed by atoms with Crippen molar-refractivity contribution in [2.24, 2.45) is 0 Å². The molecular formula is C14H14N2S. The first kappa shape index (κ1) is 11.8. The first-order valence-electron chi connectivity index (χ1n) is 5.55. The maximum Gasteiger partial charge on any atom is 0.100 e. The van der Waals surface area contributed by atoms with Crippen molar-refractivity contribution in [2.75, 3.05) is 0 Å². The average Bonchev–Trinajstić information content (AvgIpc) is 2.85. The van der Waals surface area contributed by atoms with Crippen molar-refractivity contribution in [2.45, 2.75) is 19.5 Å². The Morgan fingerprint density at radius 2 is 2.12 bits per heavy atom. The minimum atomic E-state index is 0.323. The summed E-state index contributed by atoms with van der Waals surface area (Å²) in [7, 11) is 0. The summed E-state index contributed by atoms with van der Waals surface area (Å²) in [5.74, 6) is 0. The summed E-state index contributed by atoms with van der Waals surface area (Å²) in [6.07, 6.45) is 0. The van der Waals surface area contributed by atoms with Gasteiger partial charge in [0, 0.05) is 22.8 Å². The number of nitriles is 1. The number of hydrogen-bond acceptors (Lipinski definition) is 3. The van der Waals surface area contributed by atoms with Crippen LogP contribution in [-0.2, 0) is 6.54 Å². The summed E-state index contributed by atoms with van der Waals surface area (Å²) in [6.45, 7) is 2.95. The van der Waals surface area contributed by atoms with E-state index in [-0.39, 0.29) is 0 Å². The van der Waals surface area contributed by atoms with Crippen molar-refractivity contribution in [3.8, 4) is 6.07 Å². The standard InChI is InChI=1S/C14H14N2S/c1-11(13-5-3-2-4-6-13)16-9-14-7-12(8-15)10-17-14/h2-7,10-11,16H,9H2,1H3/t11-/m0/s1. The summed E-state index contributed by atoms with van der Waals surface area (Å²) >= 11 is 1.63. The predicted molar refractivity (Wildman–Crippen MR) is 70.7 cm³/mol. The highest BCUT2D eigenvalue weighted by Gasteiger charge is 2.05. The Hall–Kier alpha value is -1.63. The second-order valence-electron chi connectivity index (χ2n) is 3.93. The van der Waals surface area contributed by atoms with Gasteiger partial charge in [-0.15, -0.1) is 11.3 Å². The lowest BCUT2D eigenvalue weighted by molar-refractivity contribution is 0.579. The van der Waals surface area contributed by atoms with E-state index < -0.39 is 0 Å². The highest BCUT2D eigenvalue weighted by molar-refractivity contribution is 7.10. The maximum atomic E-state index is 8.74. The van der Waals surface area contributed by atoms with Crippen molar-refractivity contribution in [1.29, 1.82) is 5.26 Å². The molecule has 86 valence electrons. The van der Waals surface area contributed by atoms with Crippen molar-refractivity contribution in [1.82, 2.24) is 5.32 Å². The molecule has 2 rings (SSSR count). The maximum absolute atomic E-state index is 8.74. The average molecular weight is 242 g/mol. The van der Waals surface area contributed by atoms with E-state index in [9.17, 15) is 0 Å². The second kappa shape index (κ2) is 5.62. The van der Waals surface area contributed by atoms with Crippen molar-refractivity contribution in [3.63, 3.8) is 0 Å². The van der Waals surface area contributed by atoms with Gasteiger partial charge in [-0.2, -0.15) is 5.26 Å². The molecule has 0 saturated carbocycles. The number of thiophene rings is 1. The first-order valence-corrected chi connectivity index (χ1v) is 6.43. The number of hydrogen-bond donors (Lipinski definition) is 1. The third-order valence-corrected chi connectivity index (χ3v) is 3.60.